The molecule has 0 spiro atoms. The molecule has 2 amide bonds. The SMILES string of the molecule is COc1ccc(C=C2SC(=S)N(C(C)C(=O)NCCCn3ccnc3)C2=O)cc1. The number of hydrogen-bond donors (Lipinski definition) is 1. The number of rotatable bonds is 8. The van der Waals surface area contributed by atoms with Crippen LogP contribution in [0.15, 0.2) is 47.9 Å². The van der Waals surface area contributed by atoms with E-state index in [-0.39, 0.29) is 11.8 Å². The first-order valence-electron chi connectivity index (χ1n) is 9.14. The molecule has 1 aliphatic heterocycles. The maximum Gasteiger partial charge on any atom is 0.266 e. The summed E-state index contributed by atoms with van der Waals surface area (Å²) in [6, 6.07) is 6.71. The number of nitrogens with zero attached hydrogens (tertiary/aromatic N) is 3. The van der Waals surface area contributed by atoms with Gasteiger partial charge in [-0.15, -0.1) is 0 Å². The fourth-order valence-electron chi connectivity index (χ4n) is 2.82. The van der Waals surface area contributed by atoms with Crippen molar-refractivity contribution >= 4 is 46.2 Å². The average molecular weight is 431 g/mol. The van der Waals surface area contributed by atoms with Gasteiger partial charge in [0.1, 0.15) is 16.1 Å². The van der Waals surface area contributed by atoms with Crippen LogP contribution in [0.4, 0.5) is 0 Å². The summed E-state index contributed by atoms with van der Waals surface area (Å²) in [5.74, 6) is 0.266. The van der Waals surface area contributed by atoms with Gasteiger partial charge in [0, 0.05) is 25.5 Å². The zero-order chi connectivity index (χ0) is 20.8. The van der Waals surface area contributed by atoms with Crippen molar-refractivity contribution in [3.05, 3.63) is 53.5 Å². The quantitative estimate of drug-likeness (QED) is 0.394. The van der Waals surface area contributed by atoms with Gasteiger partial charge in [-0.2, -0.15) is 0 Å². The third kappa shape index (κ3) is 5.24. The Morgan fingerprint density at radius 2 is 2.14 bits per heavy atom. The molecule has 0 saturated carbocycles. The van der Waals surface area contributed by atoms with E-state index < -0.39 is 6.04 Å². The van der Waals surface area contributed by atoms with Crippen molar-refractivity contribution < 1.29 is 14.3 Å². The minimum absolute atomic E-state index is 0.224. The summed E-state index contributed by atoms with van der Waals surface area (Å²) in [5.41, 5.74) is 0.864. The van der Waals surface area contributed by atoms with E-state index in [1.807, 2.05) is 35.0 Å². The van der Waals surface area contributed by atoms with Crippen molar-refractivity contribution in [1.82, 2.24) is 19.8 Å². The van der Waals surface area contributed by atoms with E-state index in [4.69, 9.17) is 17.0 Å². The van der Waals surface area contributed by atoms with Crippen LogP contribution in [0.3, 0.4) is 0 Å². The van der Waals surface area contributed by atoms with Gasteiger partial charge in [-0.25, -0.2) is 4.98 Å². The molecule has 152 valence electrons. The Labute approximate surface area is 179 Å². The second-order valence-electron chi connectivity index (χ2n) is 6.45. The molecule has 1 saturated heterocycles. The molecule has 0 radical (unpaired) electrons. The van der Waals surface area contributed by atoms with Gasteiger partial charge in [-0.05, 0) is 37.1 Å². The summed E-state index contributed by atoms with van der Waals surface area (Å²) < 4.78 is 7.47. The normalized spacial score (nSPS) is 16.3. The van der Waals surface area contributed by atoms with Crippen molar-refractivity contribution in [3.63, 3.8) is 0 Å². The lowest BCUT2D eigenvalue weighted by molar-refractivity contribution is -0.132. The molecule has 1 fully saturated rings. The summed E-state index contributed by atoms with van der Waals surface area (Å²) in [6.45, 7) is 2.96. The molecule has 0 bridgehead atoms. The summed E-state index contributed by atoms with van der Waals surface area (Å²) in [6.07, 6.45) is 7.87. The van der Waals surface area contributed by atoms with Crippen LogP contribution < -0.4 is 10.1 Å². The van der Waals surface area contributed by atoms with Gasteiger partial charge in [0.25, 0.3) is 5.91 Å². The van der Waals surface area contributed by atoms with E-state index in [1.54, 1.807) is 32.6 Å². The van der Waals surface area contributed by atoms with Crippen molar-refractivity contribution in [2.24, 2.45) is 0 Å². The number of carbonyl (C=O) groups excluding carboxylic acids is 2. The number of methoxy groups -OCH3 is 1. The third-order valence-corrected chi connectivity index (χ3v) is 5.79. The topological polar surface area (TPSA) is 76.5 Å². The van der Waals surface area contributed by atoms with Gasteiger partial charge in [-0.1, -0.05) is 36.1 Å². The lowest BCUT2D eigenvalue weighted by Gasteiger charge is -2.22. The van der Waals surface area contributed by atoms with Gasteiger partial charge in [-0.3, -0.25) is 14.5 Å². The number of thiocarbonyl (C=S) groups is 1. The largest absolute Gasteiger partial charge is 0.497 e. The molecule has 29 heavy (non-hydrogen) atoms. The molecule has 1 aromatic carbocycles. The highest BCUT2D eigenvalue weighted by Crippen LogP contribution is 2.34. The van der Waals surface area contributed by atoms with E-state index in [9.17, 15) is 9.59 Å². The molecule has 7 nitrogen and oxygen atoms in total. The highest BCUT2D eigenvalue weighted by atomic mass is 32.2. The van der Waals surface area contributed by atoms with E-state index in [2.05, 4.69) is 10.3 Å². The number of nitrogens with one attached hydrogen (secondary N) is 1. The number of aryl methyl sites for hydroxylation is 1. The zero-order valence-corrected chi connectivity index (χ0v) is 17.8. The molecular weight excluding hydrogens is 408 g/mol. The molecular formula is C20H22N4O3S2. The molecule has 1 aliphatic rings. The van der Waals surface area contributed by atoms with Crippen LogP contribution in [0.5, 0.6) is 5.75 Å². The van der Waals surface area contributed by atoms with E-state index in [0.717, 1.165) is 24.3 Å². The highest BCUT2D eigenvalue weighted by Gasteiger charge is 2.38. The Morgan fingerprint density at radius 1 is 1.38 bits per heavy atom. The van der Waals surface area contributed by atoms with Gasteiger partial charge in [0.2, 0.25) is 5.91 Å². The predicted molar refractivity (Wildman–Crippen MR) is 117 cm³/mol. The highest BCUT2D eigenvalue weighted by molar-refractivity contribution is 8.26. The van der Waals surface area contributed by atoms with E-state index in [1.165, 1.54) is 16.7 Å². The Hall–Kier alpha value is -2.65. The smallest absolute Gasteiger partial charge is 0.266 e. The Kier molecular flexibility index (Phi) is 7.05. The molecule has 1 unspecified atom stereocenters. The molecule has 2 heterocycles. The number of hydrogen-bond acceptors (Lipinski definition) is 6. The number of benzene rings is 1. The van der Waals surface area contributed by atoms with Crippen LogP contribution in [0.2, 0.25) is 0 Å². The van der Waals surface area contributed by atoms with Gasteiger partial charge in [0.05, 0.1) is 18.3 Å². The Morgan fingerprint density at radius 3 is 2.79 bits per heavy atom. The predicted octanol–water partition coefficient (Wildman–Crippen LogP) is 2.69. The van der Waals surface area contributed by atoms with Crippen molar-refractivity contribution in [3.8, 4) is 5.75 Å². The number of imidazole rings is 1. The fraction of sp³-hybridized carbons (Fsp3) is 0.300. The molecule has 1 atom stereocenters. The first-order chi connectivity index (χ1) is 14.0. The minimum atomic E-state index is -0.669. The van der Waals surface area contributed by atoms with Gasteiger partial charge >= 0.3 is 0 Å². The monoisotopic (exact) mass is 430 g/mol. The van der Waals surface area contributed by atoms with Crippen LogP contribution in [-0.4, -0.2) is 50.3 Å². The fourth-order valence-corrected chi connectivity index (χ4v) is 4.24. The lowest BCUT2D eigenvalue weighted by atomic mass is 10.2. The summed E-state index contributed by atoms with van der Waals surface area (Å²) in [5, 5.41) is 2.87. The number of carbonyl (C=O) groups is 2. The van der Waals surface area contributed by atoms with Crippen LogP contribution >= 0.6 is 24.0 Å². The number of aromatic nitrogens is 2. The van der Waals surface area contributed by atoms with Crippen LogP contribution in [0.1, 0.15) is 18.9 Å². The average Bonchev–Trinajstić information content (AvgIpc) is 3.33. The third-order valence-electron chi connectivity index (χ3n) is 4.46. The Balaban J connectivity index is 1.57. The molecule has 3 rings (SSSR count). The second kappa shape index (κ2) is 9.71. The molecule has 0 aliphatic carbocycles. The molecule has 1 N–H and O–H groups in total. The lowest BCUT2D eigenvalue weighted by Crippen LogP contribution is -2.47. The van der Waals surface area contributed by atoms with E-state index >= 15 is 0 Å². The van der Waals surface area contributed by atoms with Crippen molar-refractivity contribution in [2.45, 2.75) is 25.9 Å². The summed E-state index contributed by atoms with van der Waals surface area (Å²) >= 11 is 6.56. The van der Waals surface area contributed by atoms with Crippen molar-refractivity contribution in [1.29, 1.82) is 0 Å². The number of ether oxygens (including phenoxy) is 1. The maximum atomic E-state index is 12.8. The Bertz CT molecular complexity index is 910. The summed E-state index contributed by atoms with van der Waals surface area (Å²) in [7, 11) is 1.60. The second-order valence-corrected chi connectivity index (χ2v) is 8.12. The van der Waals surface area contributed by atoms with Crippen LogP contribution in [-0.2, 0) is 16.1 Å². The maximum absolute atomic E-state index is 12.8. The molecule has 2 aromatic rings. The molecule has 9 heteroatoms. The standard InChI is InChI=1S/C20H22N4O3S2/c1-14(18(25)22-8-3-10-23-11-9-21-13-23)24-19(26)17(29-20(24)28)12-15-4-6-16(27-2)7-5-15/h4-7,9,11-14H,3,8,10H2,1-2H3,(H,22,25). The number of amides is 2. The van der Waals surface area contributed by atoms with Gasteiger partial charge in [0.15, 0.2) is 0 Å². The summed E-state index contributed by atoms with van der Waals surface area (Å²) in [4.78, 5) is 31.2. The first kappa shape index (κ1) is 21.1. The first-order valence-corrected chi connectivity index (χ1v) is 10.4. The minimum Gasteiger partial charge on any atom is -0.497 e. The molecule has 1 aromatic heterocycles. The zero-order valence-electron chi connectivity index (χ0n) is 16.2. The number of thioether (sulfide) groups is 1. The van der Waals surface area contributed by atoms with Gasteiger partial charge < -0.3 is 14.6 Å². The van der Waals surface area contributed by atoms with Crippen molar-refractivity contribution in [2.75, 3.05) is 13.7 Å². The van der Waals surface area contributed by atoms with E-state index in [0.29, 0.717) is 15.8 Å². The van der Waals surface area contributed by atoms with Crippen LogP contribution in [0, 0.1) is 0 Å². The van der Waals surface area contributed by atoms with Crippen LogP contribution in [0.25, 0.3) is 6.08 Å².